The molecule has 0 N–H and O–H groups in total. The molecule has 2 amide bonds. The number of hydrogen-bond donors (Lipinski definition) is 0. The molecule has 5 rings (SSSR count). The summed E-state index contributed by atoms with van der Waals surface area (Å²) in [6, 6.07) is 17.9. The molecular weight excluding hydrogens is 566 g/mol. The molecule has 1 aromatic heterocycles. The second-order valence-electron chi connectivity index (χ2n) is 10.4. The van der Waals surface area contributed by atoms with Gasteiger partial charge < -0.3 is 4.74 Å². The van der Waals surface area contributed by atoms with Crippen LogP contribution in [0.4, 0.5) is 0 Å². The van der Waals surface area contributed by atoms with E-state index in [4.69, 9.17) is 9.84 Å². The van der Waals surface area contributed by atoms with Gasteiger partial charge in [0.1, 0.15) is 17.3 Å². The van der Waals surface area contributed by atoms with Crippen molar-refractivity contribution < 1.29 is 22.7 Å². The van der Waals surface area contributed by atoms with Crippen LogP contribution in [0.25, 0.3) is 23.0 Å². The lowest BCUT2D eigenvalue weighted by Crippen LogP contribution is -2.46. The van der Waals surface area contributed by atoms with Gasteiger partial charge in [0, 0.05) is 42.6 Å². The summed E-state index contributed by atoms with van der Waals surface area (Å²) in [6.45, 7) is 6.45. The van der Waals surface area contributed by atoms with Crippen LogP contribution in [0.1, 0.15) is 39.2 Å². The first-order valence-corrected chi connectivity index (χ1v) is 15.7. The van der Waals surface area contributed by atoms with Crippen molar-refractivity contribution in [2.24, 2.45) is 0 Å². The number of carbonyl (C=O) groups is 2. The number of imide groups is 1. The van der Waals surface area contributed by atoms with Gasteiger partial charge in [-0.2, -0.15) is 14.7 Å². The Bertz CT molecular complexity index is 1760. The summed E-state index contributed by atoms with van der Waals surface area (Å²) in [6.07, 6.45) is 4.66. The Morgan fingerprint density at radius 3 is 2.49 bits per heavy atom. The van der Waals surface area contributed by atoms with Crippen LogP contribution in [-0.4, -0.2) is 71.6 Å². The van der Waals surface area contributed by atoms with Gasteiger partial charge in [0.2, 0.25) is 10.0 Å². The van der Waals surface area contributed by atoms with Crippen molar-refractivity contribution in [2.45, 2.75) is 44.6 Å². The Balaban J connectivity index is 1.66. The summed E-state index contributed by atoms with van der Waals surface area (Å²) in [7, 11) is -3.74. The first kappa shape index (κ1) is 30.1. The first-order valence-electron chi connectivity index (χ1n) is 14.3. The second-order valence-corrected chi connectivity index (χ2v) is 12.3. The van der Waals surface area contributed by atoms with Gasteiger partial charge in [-0.3, -0.25) is 14.5 Å². The molecule has 222 valence electrons. The zero-order valence-electron chi connectivity index (χ0n) is 24.4. The highest BCUT2D eigenvalue weighted by molar-refractivity contribution is 7.89. The molecule has 10 nitrogen and oxygen atoms in total. The molecule has 3 heterocycles. The lowest BCUT2D eigenvalue weighted by molar-refractivity contribution is -0.142. The number of nitrogens with zero attached hydrogens (tertiary/aromatic N) is 5. The van der Waals surface area contributed by atoms with E-state index in [9.17, 15) is 23.3 Å². The molecule has 2 aromatic carbocycles. The summed E-state index contributed by atoms with van der Waals surface area (Å²) < 4.78 is 35.4. The van der Waals surface area contributed by atoms with Crippen molar-refractivity contribution in [1.82, 2.24) is 19.0 Å². The summed E-state index contributed by atoms with van der Waals surface area (Å²) in [5, 5.41) is 14.7. The summed E-state index contributed by atoms with van der Waals surface area (Å²) in [4.78, 5) is 28.1. The minimum Gasteiger partial charge on any atom is -0.376 e. The van der Waals surface area contributed by atoms with Crippen LogP contribution < -0.4 is 0 Å². The topological polar surface area (TPSA) is 126 Å². The van der Waals surface area contributed by atoms with E-state index in [2.05, 4.69) is 0 Å². The molecule has 0 saturated carbocycles. The number of para-hydroxylation sites is 1. The Kier molecular flexibility index (Phi) is 8.73. The SMILES string of the molecule is CCN(CC)S(=O)(=O)c1cccc(-c2nn(-c3ccccc3)cc2/C=C2/C(=O)N(CC3CCCO3)C(=O)C(C#N)=C2C)c1. The van der Waals surface area contributed by atoms with Gasteiger partial charge in [-0.25, -0.2) is 13.1 Å². The molecule has 2 aliphatic rings. The maximum absolute atomic E-state index is 13.8. The monoisotopic (exact) mass is 599 g/mol. The largest absolute Gasteiger partial charge is 0.376 e. The number of benzene rings is 2. The number of carbonyl (C=O) groups excluding carboxylic acids is 2. The highest BCUT2D eigenvalue weighted by Crippen LogP contribution is 2.33. The van der Waals surface area contributed by atoms with Crippen molar-refractivity contribution in [2.75, 3.05) is 26.2 Å². The average molecular weight is 600 g/mol. The van der Waals surface area contributed by atoms with E-state index < -0.39 is 21.8 Å². The second kappa shape index (κ2) is 12.5. The van der Waals surface area contributed by atoms with Crippen LogP contribution in [0, 0.1) is 11.3 Å². The lowest BCUT2D eigenvalue weighted by atomic mass is 9.93. The standard InChI is InChI=1S/C32H33N5O5S/c1-4-35(5-2)43(40,41)27-15-9-11-23(17-27)30-24(20-37(34-30)25-12-7-6-8-13-25)18-28-22(3)29(19-33)32(39)36(31(28)38)21-26-14-10-16-42-26/h6-9,11-13,15,17-18,20,26H,4-5,10,14,16,21H2,1-3H3/b28-18+. The Labute approximate surface area is 251 Å². The number of nitriles is 1. The molecular formula is C32H33N5O5S. The Hall–Kier alpha value is -4.37. The number of sulfonamides is 1. The quantitative estimate of drug-likeness (QED) is 0.265. The third-order valence-electron chi connectivity index (χ3n) is 7.75. The molecule has 1 saturated heterocycles. The zero-order chi connectivity index (χ0) is 30.7. The molecule has 43 heavy (non-hydrogen) atoms. The molecule has 0 radical (unpaired) electrons. The van der Waals surface area contributed by atoms with E-state index in [1.54, 1.807) is 62.0 Å². The highest BCUT2D eigenvalue weighted by atomic mass is 32.2. The Morgan fingerprint density at radius 2 is 1.84 bits per heavy atom. The van der Waals surface area contributed by atoms with Gasteiger partial charge in [0.05, 0.1) is 23.2 Å². The summed E-state index contributed by atoms with van der Waals surface area (Å²) in [5.74, 6) is -1.15. The van der Waals surface area contributed by atoms with Crippen LogP contribution in [0.15, 0.2) is 82.4 Å². The highest BCUT2D eigenvalue weighted by Gasteiger charge is 2.37. The van der Waals surface area contributed by atoms with Crippen molar-refractivity contribution in [3.05, 3.63) is 83.1 Å². The number of aromatic nitrogens is 2. The van der Waals surface area contributed by atoms with Gasteiger partial charge in [-0.15, -0.1) is 0 Å². The van der Waals surface area contributed by atoms with Gasteiger partial charge in [-0.1, -0.05) is 44.2 Å². The van der Waals surface area contributed by atoms with Gasteiger partial charge in [0.25, 0.3) is 11.8 Å². The van der Waals surface area contributed by atoms with E-state index in [0.717, 1.165) is 23.4 Å². The van der Waals surface area contributed by atoms with Crippen molar-refractivity contribution in [1.29, 1.82) is 5.26 Å². The third kappa shape index (κ3) is 5.82. The third-order valence-corrected chi connectivity index (χ3v) is 9.80. The fraction of sp³-hybridized carbons (Fsp3) is 0.312. The minimum atomic E-state index is -3.74. The Morgan fingerprint density at radius 1 is 1.09 bits per heavy atom. The van der Waals surface area contributed by atoms with Crippen LogP contribution in [0.5, 0.6) is 0 Å². The molecule has 3 aromatic rings. The average Bonchev–Trinajstić information content (AvgIpc) is 3.69. The predicted molar refractivity (Wildman–Crippen MR) is 161 cm³/mol. The van der Waals surface area contributed by atoms with Crippen LogP contribution in [0.2, 0.25) is 0 Å². The molecule has 0 aliphatic carbocycles. The minimum absolute atomic E-state index is 0.0643. The maximum atomic E-state index is 13.8. The molecule has 11 heteroatoms. The molecule has 2 aliphatic heterocycles. The maximum Gasteiger partial charge on any atom is 0.271 e. The molecule has 0 bridgehead atoms. The summed E-state index contributed by atoms with van der Waals surface area (Å²) >= 11 is 0. The number of amides is 2. The van der Waals surface area contributed by atoms with E-state index in [0.29, 0.717) is 36.5 Å². The van der Waals surface area contributed by atoms with Crippen LogP contribution >= 0.6 is 0 Å². The number of ether oxygens (including phenoxy) is 1. The van der Waals surface area contributed by atoms with Gasteiger partial charge >= 0.3 is 0 Å². The molecule has 1 unspecified atom stereocenters. The fourth-order valence-corrected chi connectivity index (χ4v) is 6.89. The van der Waals surface area contributed by atoms with E-state index in [-0.39, 0.29) is 34.3 Å². The van der Waals surface area contributed by atoms with Gasteiger partial charge in [-0.05, 0) is 55.7 Å². The number of rotatable bonds is 9. The number of hydrogen-bond acceptors (Lipinski definition) is 7. The predicted octanol–water partition coefficient (Wildman–Crippen LogP) is 4.34. The lowest BCUT2D eigenvalue weighted by Gasteiger charge is -2.29. The normalized spacial score (nSPS) is 18.6. The van der Waals surface area contributed by atoms with Crippen LogP contribution in [-0.2, 0) is 24.3 Å². The van der Waals surface area contributed by atoms with E-state index in [1.807, 2.05) is 36.4 Å². The van der Waals surface area contributed by atoms with Crippen molar-refractivity contribution in [3.8, 4) is 23.0 Å². The molecule has 1 fully saturated rings. The van der Waals surface area contributed by atoms with Crippen molar-refractivity contribution in [3.63, 3.8) is 0 Å². The molecule has 1 atom stereocenters. The van der Waals surface area contributed by atoms with E-state index in [1.165, 1.54) is 4.31 Å². The van der Waals surface area contributed by atoms with Crippen LogP contribution in [0.3, 0.4) is 0 Å². The van der Waals surface area contributed by atoms with Crippen molar-refractivity contribution >= 4 is 27.9 Å². The van der Waals surface area contributed by atoms with E-state index >= 15 is 0 Å². The molecule has 0 spiro atoms. The smallest absolute Gasteiger partial charge is 0.271 e. The zero-order valence-corrected chi connectivity index (χ0v) is 25.2. The summed E-state index contributed by atoms with van der Waals surface area (Å²) in [5.41, 5.74) is 2.62. The van der Waals surface area contributed by atoms with Gasteiger partial charge in [0.15, 0.2) is 0 Å². The first-order chi connectivity index (χ1) is 20.7. The fourth-order valence-electron chi connectivity index (χ4n) is 5.39.